The van der Waals surface area contributed by atoms with E-state index >= 15 is 0 Å². The Bertz CT molecular complexity index is 2540. The van der Waals surface area contributed by atoms with Crippen LogP contribution >= 0.6 is 0 Å². The predicted octanol–water partition coefficient (Wildman–Crippen LogP) is 8.06. The number of hydrogen-bond acceptors (Lipinski definition) is 3. The van der Waals surface area contributed by atoms with Gasteiger partial charge in [0.05, 0.1) is 0 Å². The second-order valence-corrected chi connectivity index (χ2v) is 18.2. The van der Waals surface area contributed by atoms with Gasteiger partial charge in [0, 0.05) is 38.5 Å². The molecule has 0 saturated carbocycles. The van der Waals surface area contributed by atoms with Gasteiger partial charge >= 0.3 is 0 Å². The van der Waals surface area contributed by atoms with E-state index in [4.69, 9.17) is 9.92 Å². The molecule has 0 unspecified atom stereocenters. The monoisotopic (exact) mass is 886 g/mol. The van der Waals surface area contributed by atoms with E-state index in [1.807, 2.05) is 17.3 Å². The summed E-state index contributed by atoms with van der Waals surface area (Å²) in [7, 11) is -3.06. The third-order valence-corrected chi connectivity index (χ3v) is 14.7. The average Bonchev–Trinajstić information content (AvgIpc) is 3.73. The van der Waals surface area contributed by atoms with Gasteiger partial charge in [-0.05, 0) is 79.3 Å². The van der Waals surface area contributed by atoms with Crippen molar-refractivity contribution in [3.05, 3.63) is 176 Å². The molecular weight excluding hydrogens is 848 g/mol. The summed E-state index contributed by atoms with van der Waals surface area (Å²) in [6.45, 7) is 8.69. The number of aromatic nitrogens is 2. The van der Waals surface area contributed by atoms with Crippen LogP contribution in [0.1, 0.15) is 26.3 Å². The van der Waals surface area contributed by atoms with Crippen LogP contribution < -0.4 is 30.9 Å². The summed E-state index contributed by atoms with van der Waals surface area (Å²) in [6, 6.07) is 62.4. The van der Waals surface area contributed by atoms with Crippen LogP contribution in [0.3, 0.4) is 0 Å². The van der Waals surface area contributed by atoms with Crippen molar-refractivity contribution < 1.29 is 26.0 Å². The van der Waals surface area contributed by atoms with Gasteiger partial charge in [-0.25, -0.2) is 4.98 Å². The molecule has 7 heteroatoms. The van der Waals surface area contributed by atoms with E-state index in [0.717, 1.165) is 55.2 Å². The number of fused-ring (bicyclic) bond motifs is 4. The van der Waals surface area contributed by atoms with Crippen LogP contribution in [0.4, 0.5) is 17.1 Å². The van der Waals surface area contributed by atoms with Crippen molar-refractivity contribution in [2.45, 2.75) is 33.2 Å². The Balaban J connectivity index is 0.00000400. The van der Waals surface area contributed by atoms with Gasteiger partial charge in [0.25, 0.3) is 0 Å². The molecule has 5 nitrogen and oxygen atoms in total. The summed E-state index contributed by atoms with van der Waals surface area (Å²) in [5.74, 6) is 0.887. The first kappa shape index (κ1) is 34.8. The van der Waals surface area contributed by atoms with Crippen LogP contribution in [0.2, 0.25) is 0 Å². The number of nitrogens with zero attached hydrogens (tertiary/aromatic N) is 4. The van der Waals surface area contributed by atoms with Gasteiger partial charge in [0.2, 0.25) is 0 Å². The Labute approximate surface area is 326 Å². The Kier molecular flexibility index (Phi) is 8.94. The first-order valence-corrected chi connectivity index (χ1v) is 19.8. The molecule has 9 rings (SSSR count). The van der Waals surface area contributed by atoms with Crippen molar-refractivity contribution in [1.29, 1.82) is 0 Å². The molecule has 0 fully saturated rings. The number of para-hydroxylation sites is 3. The van der Waals surface area contributed by atoms with E-state index < -0.39 is 8.07 Å². The maximum Gasteiger partial charge on any atom is 0.145 e. The van der Waals surface area contributed by atoms with E-state index in [-0.39, 0.29) is 26.6 Å². The van der Waals surface area contributed by atoms with Gasteiger partial charge < -0.3 is 4.57 Å². The summed E-state index contributed by atoms with van der Waals surface area (Å²) in [4.78, 5) is 10.1. The molecule has 0 bridgehead atoms. The van der Waals surface area contributed by atoms with E-state index in [2.05, 4.69) is 195 Å². The molecule has 0 saturated heterocycles. The fraction of sp³-hybridized carbons (Fsp3) is 0.109. The molecule has 1 N–H and O–H groups in total. The molecule has 2 aromatic heterocycles. The summed E-state index contributed by atoms with van der Waals surface area (Å²) < 4.78 is 2.28. The standard InChI is InChI=1S/C46H38N4OSi.Pt/c1-33-28-29-47-45(30-33)48-41-23-12-11-22-39(41)40-27-26-38(32-44(40)48)52(35-17-7-5-8-18-35,36-19-9-6-10-20-36)37-21-15-16-34(31-37)49-42-24-13-14-25-43(42)50(51-49)46(2,3)4;/h5-30H,1-4H3;/q-2;/p+1. The first-order valence-electron chi connectivity index (χ1n) is 17.8. The predicted molar refractivity (Wildman–Crippen MR) is 217 cm³/mol. The number of rotatable bonds is 6. The van der Waals surface area contributed by atoms with Crippen molar-refractivity contribution in [3.63, 3.8) is 0 Å². The zero-order chi connectivity index (χ0) is 35.5. The molecule has 1 aliphatic rings. The topological polar surface area (TPSA) is 37.1 Å². The van der Waals surface area contributed by atoms with Gasteiger partial charge in [0.1, 0.15) is 30.8 Å². The Morgan fingerprint density at radius 3 is 1.96 bits per heavy atom. The van der Waals surface area contributed by atoms with Gasteiger partial charge in [-0.15, -0.1) is 21.6 Å². The maximum atomic E-state index is 5.19. The van der Waals surface area contributed by atoms with Crippen LogP contribution in [-0.4, -0.2) is 28.1 Å². The van der Waals surface area contributed by atoms with Gasteiger partial charge in [0.15, 0.2) is 0 Å². The van der Waals surface area contributed by atoms with Gasteiger partial charge in [-0.3, -0.25) is 0 Å². The fourth-order valence-corrected chi connectivity index (χ4v) is 12.3. The van der Waals surface area contributed by atoms with Crippen molar-refractivity contribution in [2.75, 3.05) is 10.1 Å². The molecule has 264 valence electrons. The second-order valence-electron chi connectivity index (χ2n) is 14.5. The number of hydrogen-bond donors (Lipinski definition) is 0. The molecule has 0 spiro atoms. The molecule has 0 radical (unpaired) electrons. The molecule has 0 amide bonds. The molecule has 0 aliphatic carbocycles. The number of pyridine rings is 1. The van der Waals surface area contributed by atoms with Crippen LogP contribution in [0.5, 0.6) is 0 Å². The number of anilines is 3. The molecule has 0 atom stereocenters. The van der Waals surface area contributed by atoms with Crippen molar-refractivity contribution in [1.82, 2.24) is 9.55 Å². The van der Waals surface area contributed by atoms with Crippen LogP contribution in [-0.2, 0) is 21.1 Å². The minimum Gasteiger partial charge on any atom is -0.319 e. The third kappa shape index (κ3) is 5.73. The molecule has 3 heterocycles. The smallest absolute Gasteiger partial charge is 0.145 e. The number of hydroxylamine groups is 1. The molecule has 53 heavy (non-hydrogen) atoms. The van der Waals surface area contributed by atoms with Crippen LogP contribution in [0.15, 0.2) is 158 Å². The average molecular weight is 887 g/mol. The van der Waals surface area contributed by atoms with Gasteiger partial charge in [-0.2, -0.15) is 51.7 Å². The summed E-state index contributed by atoms with van der Waals surface area (Å²) in [5, 5.41) is 11.3. The van der Waals surface area contributed by atoms with Gasteiger partial charge in [-0.1, -0.05) is 96.5 Å². The fourth-order valence-electron chi connectivity index (χ4n) is 7.78. The van der Waals surface area contributed by atoms with E-state index in [0.29, 0.717) is 0 Å². The van der Waals surface area contributed by atoms with Crippen molar-refractivity contribution in [3.8, 4) is 5.82 Å². The molecular formula is C46H39N4OPtSi-. The maximum absolute atomic E-state index is 5.19. The van der Waals surface area contributed by atoms with E-state index in [1.165, 1.54) is 15.8 Å². The molecule has 6 aromatic carbocycles. The minimum atomic E-state index is -3.06. The summed E-state index contributed by atoms with van der Waals surface area (Å²) in [6.07, 6.45) is 1.89. The largest absolute Gasteiger partial charge is 0.319 e. The summed E-state index contributed by atoms with van der Waals surface area (Å²) in [5.41, 5.74) is 6.11. The van der Waals surface area contributed by atoms with Crippen molar-refractivity contribution in [2.24, 2.45) is 0 Å². The van der Waals surface area contributed by atoms with E-state index in [1.54, 1.807) is 0 Å². The first-order chi connectivity index (χ1) is 25.3. The zero-order valence-electron chi connectivity index (χ0n) is 30.1. The Morgan fingerprint density at radius 2 is 1.26 bits per heavy atom. The number of aryl methyl sites for hydroxylation is 1. The zero-order valence-corrected chi connectivity index (χ0v) is 33.3. The SMILES string of the molecule is Cc1ccnc(-n2c3[c-]c([Si](c4[c-]c(N5[OH+]N(C(C)(C)C)c6ccccc65)ccc4)(c4ccccc4)c4ccccc4)ccc3c3ccccc32)c1.[Pt]. The quantitative estimate of drug-likeness (QED) is 0.0735. The minimum absolute atomic E-state index is 0. The molecule has 1 aliphatic heterocycles. The normalized spacial score (nSPS) is 13.0. The van der Waals surface area contributed by atoms with Crippen LogP contribution in [0.25, 0.3) is 27.6 Å². The summed E-state index contributed by atoms with van der Waals surface area (Å²) >= 11 is 0. The Hall–Kier alpha value is -5.26. The van der Waals surface area contributed by atoms with Crippen LogP contribution in [0, 0.1) is 19.1 Å². The third-order valence-electron chi connectivity index (χ3n) is 10.1. The van der Waals surface area contributed by atoms with E-state index in [9.17, 15) is 0 Å². The van der Waals surface area contributed by atoms with Crippen molar-refractivity contribution >= 4 is 67.7 Å². The second kappa shape index (κ2) is 13.6. The number of benzene rings is 6. The molecule has 8 aromatic rings. The Morgan fingerprint density at radius 1 is 0.623 bits per heavy atom.